The van der Waals surface area contributed by atoms with Gasteiger partial charge in [0.1, 0.15) is 11.6 Å². The van der Waals surface area contributed by atoms with E-state index in [2.05, 4.69) is 4.98 Å². The number of hydrogen-bond acceptors (Lipinski definition) is 3. The Labute approximate surface area is 133 Å². The summed E-state index contributed by atoms with van der Waals surface area (Å²) in [6.45, 7) is -2.18. The van der Waals surface area contributed by atoms with E-state index in [0.29, 0.717) is 19.4 Å². The first-order chi connectivity index (χ1) is 11.1. The molecule has 5 nitrogen and oxygen atoms in total. The molecule has 0 unspecified atom stereocenters. The molecule has 1 aromatic carbocycles. The topological polar surface area (TPSA) is 47.4 Å². The van der Waals surface area contributed by atoms with Crippen molar-refractivity contribution in [1.82, 2.24) is 14.5 Å². The van der Waals surface area contributed by atoms with Crippen molar-refractivity contribution in [2.45, 2.75) is 25.9 Å². The van der Waals surface area contributed by atoms with Gasteiger partial charge in [-0.05, 0) is 18.6 Å². The summed E-state index contributed by atoms with van der Waals surface area (Å²) in [6, 6.07) is 9.34. The maximum atomic E-state index is 12.7. The van der Waals surface area contributed by atoms with E-state index in [4.69, 9.17) is 4.74 Å². The number of benzene rings is 1. The summed E-state index contributed by atoms with van der Waals surface area (Å²) >= 11 is 0. The third-order valence-corrected chi connectivity index (χ3v) is 3.31. The lowest BCUT2D eigenvalue weighted by Crippen LogP contribution is -2.28. The van der Waals surface area contributed by atoms with Crippen LogP contribution in [-0.4, -0.2) is 34.0 Å². The summed E-state index contributed by atoms with van der Waals surface area (Å²) in [4.78, 5) is 17.3. The van der Waals surface area contributed by atoms with Gasteiger partial charge in [0.15, 0.2) is 0 Å². The van der Waals surface area contributed by atoms with Crippen LogP contribution in [0.25, 0.3) is 0 Å². The number of nitrogens with zero attached hydrogens (tertiary/aromatic N) is 3. The molecule has 0 spiro atoms. The van der Waals surface area contributed by atoms with Crippen LogP contribution in [0.1, 0.15) is 25.2 Å². The highest BCUT2D eigenvalue weighted by atomic mass is 19.3. The molecule has 0 radical (unpaired) electrons. The number of aromatic nitrogens is 2. The number of alkyl halides is 2. The molecule has 2 aromatic rings. The molecule has 1 heterocycles. The third-order valence-electron chi connectivity index (χ3n) is 3.31. The lowest BCUT2D eigenvalue weighted by molar-refractivity contribution is -0.130. The Morgan fingerprint density at radius 3 is 2.78 bits per heavy atom. The van der Waals surface area contributed by atoms with Crippen LogP contribution in [-0.2, 0) is 11.3 Å². The molecule has 0 fully saturated rings. The van der Waals surface area contributed by atoms with E-state index in [-0.39, 0.29) is 18.3 Å². The molecule has 2 rings (SSSR count). The molecule has 0 aliphatic heterocycles. The van der Waals surface area contributed by atoms with E-state index in [0.717, 1.165) is 10.3 Å². The third kappa shape index (κ3) is 5.05. The van der Waals surface area contributed by atoms with E-state index in [1.165, 1.54) is 17.3 Å². The number of para-hydroxylation sites is 1. The van der Waals surface area contributed by atoms with E-state index < -0.39 is 6.55 Å². The lowest BCUT2D eigenvalue weighted by Gasteiger charge is -2.17. The minimum atomic E-state index is -2.66. The maximum absolute atomic E-state index is 12.7. The minimum absolute atomic E-state index is 0.0513. The smallest absolute Gasteiger partial charge is 0.319 e. The highest BCUT2D eigenvalue weighted by Gasteiger charge is 2.15. The molecule has 1 amide bonds. The van der Waals surface area contributed by atoms with Crippen LogP contribution in [0.15, 0.2) is 42.7 Å². The number of carbonyl (C=O) groups is 1. The maximum Gasteiger partial charge on any atom is 0.319 e. The molecule has 7 heteroatoms. The van der Waals surface area contributed by atoms with Crippen molar-refractivity contribution in [1.29, 1.82) is 0 Å². The summed E-state index contributed by atoms with van der Waals surface area (Å²) < 4.78 is 31.7. The standard InChI is InChI=1S/C16H19F2N3O2/c1-20(12-14-19-9-10-21(14)16(17)18)15(22)8-5-11-23-13-6-3-2-4-7-13/h2-4,6-7,9-10,16H,5,8,11-12H2,1H3. The van der Waals surface area contributed by atoms with Gasteiger partial charge in [-0.3, -0.25) is 9.36 Å². The molecule has 1 aromatic heterocycles. The second-order valence-electron chi connectivity index (χ2n) is 5.04. The number of carbonyl (C=O) groups excluding carboxylic acids is 1. The zero-order chi connectivity index (χ0) is 16.7. The van der Waals surface area contributed by atoms with Crippen LogP contribution in [0.2, 0.25) is 0 Å². The SMILES string of the molecule is CN(Cc1nccn1C(F)F)C(=O)CCCOc1ccccc1. The Balaban J connectivity index is 1.73. The van der Waals surface area contributed by atoms with Gasteiger partial charge in [0, 0.05) is 25.9 Å². The molecular formula is C16H19F2N3O2. The number of hydrogen-bond donors (Lipinski definition) is 0. The van der Waals surface area contributed by atoms with Crippen LogP contribution in [0.3, 0.4) is 0 Å². The van der Waals surface area contributed by atoms with Gasteiger partial charge in [-0.15, -0.1) is 0 Å². The fourth-order valence-corrected chi connectivity index (χ4v) is 2.07. The molecular weight excluding hydrogens is 304 g/mol. The largest absolute Gasteiger partial charge is 0.494 e. The van der Waals surface area contributed by atoms with Gasteiger partial charge in [0.25, 0.3) is 0 Å². The van der Waals surface area contributed by atoms with Gasteiger partial charge in [0.2, 0.25) is 5.91 Å². The molecule has 23 heavy (non-hydrogen) atoms. The summed E-state index contributed by atoms with van der Waals surface area (Å²) in [7, 11) is 1.57. The van der Waals surface area contributed by atoms with Gasteiger partial charge in [-0.2, -0.15) is 8.78 Å². The van der Waals surface area contributed by atoms with E-state index in [1.807, 2.05) is 30.3 Å². The molecule has 0 bridgehead atoms. The fourth-order valence-electron chi connectivity index (χ4n) is 2.07. The average Bonchev–Trinajstić information content (AvgIpc) is 3.00. The first-order valence-electron chi connectivity index (χ1n) is 7.29. The second-order valence-corrected chi connectivity index (χ2v) is 5.04. The molecule has 124 valence electrons. The van der Waals surface area contributed by atoms with E-state index in [1.54, 1.807) is 7.05 Å². The van der Waals surface area contributed by atoms with Crippen molar-refractivity contribution in [2.24, 2.45) is 0 Å². The highest BCUT2D eigenvalue weighted by molar-refractivity contribution is 5.75. The molecule has 0 saturated carbocycles. The predicted molar refractivity (Wildman–Crippen MR) is 81.1 cm³/mol. The van der Waals surface area contributed by atoms with E-state index in [9.17, 15) is 13.6 Å². The van der Waals surface area contributed by atoms with Crippen molar-refractivity contribution in [3.8, 4) is 5.75 Å². The number of imidazole rings is 1. The minimum Gasteiger partial charge on any atom is -0.494 e. The molecule has 0 aliphatic rings. The summed E-state index contributed by atoms with van der Waals surface area (Å²) in [5, 5.41) is 0. The van der Waals surface area contributed by atoms with Gasteiger partial charge >= 0.3 is 6.55 Å². The summed E-state index contributed by atoms with van der Waals surface area (Å²) in [5.41, 5.74) is 0. The first-order valence-corrected chi connectivity index (χ1v) is 7.29. The van der Waals surface area contributed by atoms with Gasteiger partial charge < -0.3 is 9.64 Å². The average molecular weight is 323 g/mol. The Hall–Kier alpha value is -2.44. The van der Waals surface area contributed by atoms with Gasteiger partial charge in [-0.25, -0.2) is 4.98 Å². The van der Waals surface area contributed by atoms with Crippen molar-refractivity contribution >= 4 is 5.91 Å². The van der Waals surface area contributed by atoms with E-state index >= 15 is 0 Å². The predicted octanol–water partition coefficient (Wildman–Crippen LogP) is 3.10. The molecule has 0 aliphatic carbocycles. The lowest BCUT2D eigenvalue weighted by atomic mass is 10.3. The number of amides is 1. The number of ether oxygens (including phenoxy) is 1. The van der Waals surface area contributed by atoms with Crippen LogP contribution < -0.4 is 4.74 Å². The molecule has 0 saturated heterocycles. The Kier molecular flexibility index (Phi) is 6.08. The number of halogens is 2. The van der Waals surface area contributed by atoms with Crippen molar-refractivity contribution in [3.05, 3.63) is 48.5 Å². The molecule has 0 atom stereocenters. The normalized spacial score (nSPS) is 10.8. The van der Waals surface area contributed by atoms with Crippen LogP contribution in [0.5, 0.6) is 5.75 Å². The van der Waals surface area contributed by atoms with Gasteiger partial charge in [-0.1, -0.05) is 18.2 Å². The first kappa shape index (κ1) is 16.9. The van der Waals surface area contributed by atoms with Crippen LogP contribution in [0.4, 0.5) is 8.78 Å². The van der Waals surface area contributed by atoms with Crippen molar-refractivity contribution in [2.75, 3.05) is 13.7 Å². The van der Waals surface area contributed by atoms with Gasteiger partial charge in [0.05, 0.1) is 13.2 Å². The second kappa shape index (κ2) is 8.26. The summed E-state index contributed by atoms with van der Waals surface area (Å²) in [5.74, 6) is 0.786. The Morgan fingerprint density at radius 1 is 1.35 bits per heavy atom. The molecule has 0 N–H and O–H groups in total. The Morgan fingerprint density at radius 2 is 2.09 bits per heavy atom. The van der Waals surface area contributed by atoms with Crippen LogP contribution >= 0.6 is 0 Å². The highest BCUT2D eigenvalue weighted by Crippen LogP contribution is 2.14. The summed E-state index contributed by atoms with van der Waals surface area (Å²) in [6.07, 6.45) is 3.35. The van der Waals surface area contributed by atoms with Crippen molar-refractivity contribution in [3.63, 3.8) is 0 Å². The quantitative estimate of drug-likeness (QED) is 0.701. The van der Waals surface area contributed by atoms with Crippen LogP contribution in [0, 0.1) is 0 Å². The van der Waals surface area contributed by atoms with Crippen molar-refractivity contribution < 1.29 is 18.3 Å². The monoisotopic (exact) mass is 323 g/mol. The Bertz CT molecular complexity index is 617. The zero-order valence-electron chi connectivity index (χ0n) is 12.9. The number of rotatable bonds is 8. The fraction of sp³-hybridized carbons (Fsp3) is 0.375. The zero-order valence-corrected chi connectivity index (χ0v) is 12.9.